The normalized spacial score (nSPS) is 56.6. The second kappa shape index (κ2) is 22.0. The molecule has 0 aromatic rings. The van der Waals surface area contributed by atoms with Gasteiger partial charge in [-0.25, -0.2) is 0 Å². The number of fused-ring (bicyclic) bond motifs is 7. The first kappa shape index (κ1) is 56.8. The highest BCUT2D eigenvalue weighted by Gasteiger charge is 2.68. The molecule has 0 amide bonds. The van der Waals surface area contributed by atoms with Crippen LogP contribution in [0.1, 0.15) is 98.8 Å². The molecule has 0 spiro atoms. The Hall–Kier alpha value is -0.920. The molecule has 0 aromatic heterocycles. The van der Waals surface area contributed by atoms with Crippen LogP contribution in [-0.4, -0.2) is 238 Å². The Morgan fingerprint density at radius 2 is 1.11 bits per heavy atom. The summed E-state index contributed by atoms with van der Waals surface area (Å²) in [5.74, 6) is 0.266. The van der Waals surface area contributed by atoms with Gasteiger partial charge < -0.3 is 114 Å². The van der Waals surface area contributed by atoms with Crippen molar-refractivity contribution in [3.8, 4) is 0 Å². The molecule has 12 unspecified atom stereocenters. The van der Waals surface area contributed by atoms with Crippen LogP contribution in [-0.2, 0) is 42.6 Å². The van der Waals surface area contributed by atoms with Crippen LogP contribution in [0.25, 0.3) is 0 Å². The molecule has 23 nitrogen and oxygen atoms in total. The summed E-state index contributed by atoms with van der Waals surface area (Å²) >= 11 is 0. The predicted octanol–water partition coefficient (Wildman–Crippen LogP) is -3.17. The molecule has 0 aromatic carbocycles. The van der Waals surface area contributed by atoms with E-state index in [2.05, 4.69) is 20.8 Å². The molecule has 0 radical (unpaired) electrons. The molecule has 9 rings (SSSR count). The van der Waals surface area contributed by atoms with Gasteiger partial charge in [-0.3, -0.25) is 0 Å². The summed E-state index contributed by atoms with van der Waals surface area (Å²) in [6, 6.07) is 0. The molecular formula is C50H84O23. The average Bonchev–Trinajstić information content (AvgIpc) is 3.81. The Morgan fingerprint density at radius 1 is 0.548 bits per heavy atom. The highest BCUT2D eigenvalue weighted by molar-refractivity contribution is 5.15. The van der Waals surface area contributed by atoms with Gasteiger partial charge in [0.25, 0.3) is 0 Å². The molecule has 5 saturated heterocycles. The Kier molecular flexibility index (Phi) is 17.1. The summed E-state index contributed by atoms with van der Waals surface area (Å²) in [7, 11) is 0. The molecular weight excluding hydrogens is 969 g/mol. The van der Waals surface area contributed by atoms with E-state index in [0.717, 1.165) is 38.5 Å². The van der Waals surface area contributed by atoms with E-state index in [-0.39, 0.29) is 41.3 Å². The monoisotopic (exact) mass is 1050 g/mol. The zero-order chi connectivity index (χ0) is 52.8. The highest BCUT2D eigenvalue weighted by Crippen LogP contribution is 2.71. The smallest absolute Gasteiger partial charge is 0.187 e. The zero-order valence-corrected chi connectivity index (χ0v) is 42.4. The minimum atomic E-state index is -1.87. The lowest BCUT2D eigenvalue weighted by Crippen LogP contribution is -2.66. The SMILES string of the molecule is CC(CCC1(O)OC2CC3C4CCC5CC(O[C@@H]6O[C@H](CO)[C@@H](O[C@@H]7O[C@H](C)[C@@H](O)[C@@H](O)[C@H]7O[C@@H]7O[C@H](CO)[C@@H](O)[C@@H](O)[C@H]7O)[C@@H](O)[C@H]6O)CCC5(C)C4CCC3(C)C2C1C)O[C@@H]1O[C@H](CO)[C@@H](O)[C@H](O)[C@H]1O. The van der Waals surface area contributed by atoms with Gasteiger partial charge in [-0.15, -0.1) is 0 Å². The topological polar surface area (TPSA) is 366 Å². The Bertz CT molecular complexity index is 1830. The maximum absolute atomic E-state index is 12.1. The van der Waals surface area contributed by atoms with Crippen LogP contribution in [0.5, 0.6) is 0 Å². The van der Waals surface area contributed by atoms with Gasteiger partial charge in [0, 0.05) is 12.3 Å². The predicted molar refractivity (Wildman–Crippen MR) is 246 cm³/mol. The van der Waals surface area contributed by atoms with Crippen molar-refractivity contribution in [2.75, 3.05) is 19.8 Å². The van der Waals surface area contributed by atoms with E-state index in [9.17, 15) is 71.5 Å². The van der Waals surface area contributed by atoms with Crippen molar-refractivity contribution in [3.63, 3.8) is 0 Å². The summed E-state index contributed by atoms with van der Waals surface area (Å²) in [6.07, 6.45) is -23.6. The third kappa shape index (κ3) is 10.1. The lowest BCUT2D eigenvalue weighted by molar-refractivity contribution is -0.388. The average molecular weight is 1050 g/mol. The van der Waals surface area contributed by atoms with Crippen LogP contribution in [0.4, 0.5) is 0 Å². The van der Waals surface area contributed by atoms with Gasteiger partial charge in [0.05, 0.1) is 44.2 Å². The summed E-state index contributed by atoms with van der Waals surface area (Å²) in [5.41, 5.74) is -0.0216. The molecule has 5 heterocycles. The van der Waals surface area contributed by atoms with Gasteiger partial charge in [0.2, 0.25) is 0 Å². The van der Waals surface area contributed by atoms with E-state index in [4.69, 9.17) is 42.6 Å². The fourth-order valence-electron chi connectivity index (χ4n) is 15.5. The first-order valence-corrected chi connectivity index (χ1v) is 26.8. The van der Waals surface area contributed by atoms with Crippen LogP contribution >= 0.6 is 0 Å². The fourth-order valence-corrected chi connectivity index (χ4v) is 15.5. The van der Waals surface area contributed by atoms with Gasteiger partial charge >= 0.3 is 0 Å². The summed E-state index contributed by atoms with van der Waals surface area (Å²) in [4.78, 5) is 0. The van der Waals surface area contributed by atoms with Crippen molar-refractivity contribution in [2.45, 2.75) is 246 Å². The molecule has 32 atom stereocenters. The number of aliphatic hydroxyl groups excluding tert-OH is 13. The first-order valence-electron chi connectivity index (χ1n) is 26.8. The van der Waals surface area contributed by atoms with E-state index < -0.39 is 155 Å². The second-order valence-corrected chi connectivity index (χ2v) is 23.8. The number of rotatable bonds is 14. The molecule has 0 bridgehead atoms. The minimum Gasteiger partial charge on any atom is -0.394 e. The zero-order valence-electron chi connectivity index (χ0n) is 42.4. The summed E-state index contributed by atoms with van der Waals surface area (Å²) < 4.78 is 53.9. The quantitative estimate of drug-likeness (QED) is 0.0763. The van der Waals surface area contributed by atoms with Crippen molar-refractivity contribution in [2.24, 2.45) is 46.3 Å². The van der Waals surface area contributed by atoms with Gasteiger partial charge in [0.1, 0.15) is 91.6 Å². The van der Waals surface area contributed by atoms with E-state index in [1.165, 1.54) is 6.92 Å². The number of ether oxygens (including phenoxy) is 9. The third-order valence-corrected chi connectivity index (χ3v) is 19.8. The molecule has 23 heteroatoms. The van der Waals surface area contributed by atoms with Crippen LogP contribution in [0.3, 0.4) is 0 Å². The van der Waals surface area contributed by atoms with Crippen LogP contribution < -0.4 is 0 Å². The van der Waals surface area contributed by atoms with E-state index in [0.29, 0.717) is 42.9 Å². The fraction of sp³-hybridized carbons (Fsp3) is 1.00. The lowest BCUT2D eigenvalue weighted by atomic mass is 9.44. The van der Waals surface area contributed by atoms with Crippen LogP contribution in [0.15, 0.2) is 0 Å². The van der Waals surface area contributed by atoms with Crippen molar-refractivity contribution < 1.29 is 114 Å². The van der Waals surface area contributed by atoms with Gasteiger partial charge in [0.15, 0.2) is 30.9 Å². The van der Waals surface area contributed by atoms with Gasteiger partial charge in [-0.2, -0.15) is 0 Å². The Balaban J connectivity index is 0.789. The van der Waals surface area contributed by atoms with Crippen molar-refractivity contribution in [1.82, 2.24) is 0 Å². The maximum atomic E-state index is 12.1. The molecule has 14 N–H and O–H groups in total. The molecule has 422 valence electrons. The number of aliphatic hydroxyl groups is 14. The minimum absolute atomic E-state index is 0.0216. The van der Waals surface area contributed by atoms with E-state index in [1.807, 2.05) is 0 Å². The first-order chi connectivity index (χ1) is 34.5. The molecule has 9 aliphatic rings. The highest BCUT2D eigenvalue weighted by atomic mass is 16.8. The Morgan fingerprint density at radius 3 is 1.77 bits per heavy atom. The Labute approximate surface area is 425 Å². The lowest BCUT2D eigenvalue weighted by Gasteiger charge is -2.61. The van der Waals surface area contributed by atoms with E-state index >= 15 is 0 Å². The second-order valence-electron chi connectivity index (χ2n) is 23.8. The standard InChI is InChI=1S/C50H84O23/c1-19(65-44-39(61)35(57)33(55)28(16-51)68-44)8-13-50(64)20(2)31-27(73-50)15-26-24-7-6-22-14-23(9-11-48(22,4)25(24)10-12-49(26,31)5)67-45-41(63)38(60)42(30(18-53)70-45)71-47-43(37(59)32(54)21(3)66-47)72-46-40(62)36(58)34(56)29(17-52)69-46/h19-47,51-64H,6-18H2,1-5H3/t19?,20?,21-,22?,23?,24?,25?,26?,27?,28-,29-,30-,31?,32-,33-,34-,35+,36-,37-,38+,39-,40-,41-,42-,43-,44-,45-,46+,47+,48?,49?,50?/m1/s1. The summed E-state index contributed by atoms with van der Waals surface area (Å²) in [5, 5.41) is 149. The van der Waals surface area contributed by atoms with Crippen molar-refractivity contribution in [1.29, 1.82) is 0 Å². The number of hydrogen-bond donors (Lipinski definition) is 14. The summed E-state index contributed by atoms with van der Waals surface area (Å²) in [6.45, 7) is 8.10. The maximum Gasteiger partial charge on any atom is 0.187 e. The largest absolute Gasteiger partial charge is 0.394 e. The van der Waals surface area contributed by atoms with Crippen LogP contribution in [0, 0.1) is 46.3 Å². The third-order valence-electron chi connectivity index (χ3n) is 19.8. The van der Waals surface area contributed by atoms with Crippen LogP contribution in [0.2, 0.25) is 0 Å². The number of hydrogen-bond acceptors (Lipinski definition) is 23. The van der Waals surface area contributed by atoms with Gasteiger partial charge in [-0.05, 0) is 112 Å². The molecule has 73 heavy (non-hydrogen) atoms. The van der Waals surface area contributed by atoms with Crippen molar-refractivity contribution in [3.05, 3.63) is 0 Å². The molecule has 4 saturated carbocycles. The molecule has 9 fully saturated rings. The molecule has 5 aliphatic heterocycles. The molecule has 4 aliphatic carbocycles. The van der Waals surface area contributed by atoms with Crippen molar-refractivity contribution >= 4 is 0 Å². The van der Waals surface area contributed by atoms with E-state index in [1.54, 1.807) is 6.92 Å². The van der Waals surface area contributed by atoms with Gasteiger partial charge in [-0.1, -0.05) is 20.8 Å².